The minimum atomic E-state index is -0.307. The van der Waals surface area contributed by atoms with Crippen molar-refractivity contribution in [2.24, 2.45) is 5.41 Å². The highest BCUT2D eigenvalue weighted by Gasteiger charge is 2.60. The van der Waals surface area contributed by atoms with Crippen molar-refractivity contribution in [2.75, 3.05) is 0 Å². The monoisotopic (exact) mass is 445 g/mol. The Kier molecular flexibility index (Phi) is 4.87. The molecule has 5 atom stereocenters. The molecule has 2 aliphatic heterocycles. The number of aromatic nitrogens is 1. The van der Waals surface area contributed by atoms with Crippen molar-refractivity contribution in [1.29, 1.82) is 0 Å². The van der Waals surface area contributed by atoms with Crippen molar-refractivity contribution in [2.45, 2.75) is 63.2 Å². The van der Waals surface area contributed by atoms with E-state index in [2.05, 4.69) is 46.6 Å². The molecule has 3 aromatic rings. The Labute approximate surface area is 193 Å². The third-order valence-electron chi connectivity index (χ3n) is 8.14. The molecule has 0 spiro atoms. The Balaban J connectivity index is 1.36. The molecule has 1 saturated carbocycles. The fourth-order valence-corrected chi connectivity index (χ4v) is 6.53. The maximum atomic E-state index is 14.0. The van der Waals surface area contributed by atoms with Gasteiger partial charge in [-0.05, 0) is 61.9 Å². The number of carbonyl (C=O) groups excluding carboxylic acids is 1. The van der Waals surface area contributed by atoms with E-state index in [1.54, 1.807) is 18.2 Å². The van der Waals surface area contributed by atoms with Gasteiger partial charge in [0.25, 0.3) is 5.91 Å². The maximum Gasteiger partial charge on any atom is 0.293 e. The van der Waals surface area contributed by atoms with Crippen LogP contribution in [0.3, 0.4) is 0 Å². The van der Waals surface area contributed by atoms with E-state index in [0.29, 0.717) is 11.7 Å². The molecule has 5 nitrogen and oxygen atoms in total. The number of carbonyl (C=O) groups is 1. The number of fused-ring (bicyclic) bond motifs is 1. The fourth-order valence-electron chi connectivity index (χ4n) is 6.53. The van der Waals surface area contributed by atoms with E-state index in [-0.39, 0.29) is 41.0 Å². The second kappa shape index (κ2) is 7.80. The zero-order valence-corrected chi connectivity index (χ0v) is 18.7. The molecule has 2 aromatic carbocycles. The summed E-state index contributed by atoms with van der Waals surface area (Å²) in [7, 11) is 0. The van der Waals surface area contributed by atoms with Crippen LogP contribution in [0.5, 0.6) is 0 Å². The van der Waals surface area contributed by atoms with Gasteiger partial charge < -0.3 is 14.7 Å². The number of amides is 1. The first-order valence-corrected chi connectivity index (χ1v) is 11.9. The standard InChI is InChI=1S/C27H28FN3O2/c1-27-16-21-22(14-17-6-3-2-4-7-17)31(25(27)9-5-8-24(27)29-21)26(32)23-15-20(30-33-23)18-10-12-19(28)13-11-18/h2-4,6-7,10-13,15,21-22,24-25,29H,5,8-9,14,16H2,1H3/t21-,22+,24-,25+,27-/m0/s1. The average molecular weight is 446 g/mol. The Morgan fingerprint density at radius 2 is 1.97 bits per heavy atom. The average Bonchev–Trinajstić information content (AvgIpc) is 3.44. The molecule has 1 aromatic heterocycles. The molecule has 6 heteroatoms. The third-order valence-corrected chi connectivity index (χ3v) is 8.14. The van der Waals surface area contributed by atoms with Crippen LogP contribution in [0.25, 0.3) is 11.3 Å². The van der Waals surface area contributed by atoms with E-state index in [4.69, 9.17) is 4.52 Å². The van der Waals surface area contributed by atoms with Crippen LogP contribution in [0.4, 0.5) is 4.39 Å². The van der Waals surface area contributed by atoms with Gasteiger partial charge >= 0.3 is 0 Å². The second-order valence-electron chi connectivity index (χ2n) is 10.0. The summed E-state index contributed by atoms with van der Waals surface area (Å²) < 4.78 is 18.9. The van der Waals surface area contributed by atoms with Crippen LogP contribution >= 0.6 is 0 Å². The quantitative estimate of drug-likeness (QED) is 0.625. The van der Waals surface area contributed by atoms with E-state index in [1.807, 2.05) is 6.07 Å². The predicted octanol–water partition coefficient (Wildman–Crippen LogP) is 4.84. The first kappa shape index (κ1) is 20.6. The summed E-state index contributed by atoms with van der Waals surface area (Å²) in [6.45, 7) is 2.35. The first-order valence-electron chi connectivity index (χ1n) is 11.9. The van der Waals surface area contributed by atoms with Crippen LogP contribution in [0, 0.1) is 11.2 Å². The van der Waals surface area contributed by atoms with Crippen molar-refractivity contribution in [3.63, 3.8) is 0 Å². The highest BCUT2D eigenvalue weighted by molar-refractivity contribution is 5.93. The Hall–Kier alpha value is -2.99. The molecular weight excluding hydrogens is 417 g/mol. The van der Waals surface area contributed by atoms with Crippen LogP contribution < -0.4 is 5.32 Å². The summed E-state index contributed by atoms with van der Waals surface area (Å²) in [5, 5.41) is 8.02. The van der Waals surface area contributed by atoms with Gasteiger partial charge in [0, 0.05) is 35.2 Å². The molecule has 1 N–H and O–H groups in total. The van der Waals surface area contributed by atoms with Crippen LogP contribution in [0.15, 0.2) is 65.2 Å². The summed E-state index contributed by atoms with van der Waals surface area (Å²) in [6, 6.07) is 19.1. The number of piperidine rings is 1. The molecule has 0 radical (unpaired) electrons. The first-order chi connectivity index (χ1) is 16.0. The number of likely N-dealkylation sites (tertiary alicyclic amines) is 1. The molecule has 1 amide bonds. The predicted molar refractivity (Wildman–Crippen MR) is 123 cm³/mol. The van der Waals surface area contributed by atoms with Crippen molar-refractivity contribution < 1.29 is 13.7 Å². The molecule has 2 bridgehead atoms. The topological polar surface area (TPSA) is 58.4 Å². The van der Waals surface area contributed by atoms with Gasteiger partial charge in [-0.1, -0.05) is 42.4 Å². The zero-order valence-electron chi connectivity index (χ0n) is 18.7. The lowest BCUT2D eigenvalue weighted by atomic mass is 9.64. The lowest BCUT2D eigenvalue weighted by molar-refractivity contribution is -0.0134. The van der Waals surface area contributed by atoms with E-state index in [1.165, 1.54) is 24.1 Å². The van der Waals surface area contributed by atoms with Gasteiger partial charge in [-0.25, -0.2) is 4.39 Å². The molecule has 1 aliphatic carbocycles. The third kappa shape index (κ3) is 3.39. The van der Waals surface area contributed by atoms with Gasteiger partial charge in [-0.3, -0.25) is 4.79 Å². The zero-order chi connectivity index (χ0) is 22.6. The number of hydrogen-bond donors (Lipinski definition) is 1. The fraction of sp³-hybridized carbons (Fsp3) is 0.407. The Morgan fingerprint density at radius 1 is 1.18 bits per heavy atom. The SMILES string of the molecule is C[C@]12C[C@@H]3N[C@H]1CCC[C@H]2N(C(=O)c1cc(-c2ccc(F)cc2)no1)[C@@H]3Cc1ccccc1. The van der Waals surface area contributed by atoms with E-state index < -0.39 is 0 Å². The van der Waals surface area contributed by atoms with Crippen LogP contribution in [0.2, 0.25) is 0 Å². The Bertz CT molecular complexity index is 1160. The van der Waals surface area contributed by atoms with E-state index in [9.17, 15) is 9.18 Å². The molecular formula is C27H28FN3O2. The van der Waals surface area contributed by atoms with Gasteiger partial charge in [0.15, 0.2) is 0 Å². The normalized spacial score (nSPS) is 30.4. The van der Waals surface area contributed by atoms with Crippen molar-refractivity contribution >= 4 is 5.91 Å². The molecule has 2 saturated heterocycles. The molecule has 3 aliphatic rings. The minimum Gasteiger partial charge on any atom is -0.350 e. The summed E-state index contributed by atoms with van der Waals surface area (Å²) >= 11 is 0. The molecule has 3 heterocycles. The lowest BCUT2D eigenvalue weighted by Gasteiger charge is -2.53. The molecule has 33 heavy (non-hydrogen) atoms. The number of benzene rings is 2. The van der Waals surface area contributed by atoms with Gasteiger partial charge in [0.1, 0.15) is 11.5 Å². The number of nitrogens with zero attached hydrogens (tertiary/aromatic N) is 2. The maximum absolute atomic E-state index is 14.0. The van der Waals surface area contributed by atoms with E-state index >= 15 is 0 Å². The summed E-state index contributed by atoms with van der Waals surface area (Å²) in [6.07, 6.45) is 5.20. The van der Waals surface area contributed by atoms with Gasteiger partial charge in [0.05, 0.1) is 6.04 Å². The van der Waals surface area contributed by atoms with Crippen LogP contribution in [-0.2, 0) is 6.42 Å². The molecule has 3 fully saturated rings. The second-order valence-corrected chi connectivity index (χ2v) is 10.0. The number of rotatable bonds is 4. The number of hydrogen-bond acceptors (Lipinski definition) is 4. The van der Waals surface area contributed by atoms with Gasteiger partial charge in [-0.15, -0.1) is 0 Å². The smallest absolute Gasteiger partial charge is 0.293 e. The lowest BCUT2D eigenvalue weighted by Crippen LogP contribution is -2.62. The van der Waals surface area contributed by atoms with Crippen molar-refractivity contribution in [3.05, 3.63) is 77.8 Å². The van der Waals surface area contributed by atoms with E-state index in [0.717, 1.165) is 31.2 Å². The van der Waals surface area contributed by atoms with Crippen molar-refractivity contribution in [3.8, 4) is 11.3 Å². The molecule has 0 unspecified atom stereocenters. The van der Waals surface area contributed by atoms with Crippen molar-refractivity contribution in [1.82, 2.24) is 15.4 Å². The Morgan fingerprint density at radius 3 is 2.76 bits per heavy atom. The molecule has 6 rings (SSSR count). The molecule has 170 valence electrons. The largest absolute Gasteiger partial charge is 0.350 e. The number of halogens is 1. The summed E-state index contributed by atoms with van der Waals surface area (Å²) in [5.74, 6) is -0.153. The summed E-state index contributed by atoms with van der Waals surface area (Å²) in [5.41, 5.74) is 2.58. The van der Waals surface area contributed by atoms with Gasteiger partial charge in [0.2, 0.25) is 5.76 Å². The highest BCUT2D eigenvalue weighted by atomic mass is 19.1. The minimum absolute atomic E-state index is 0.0560. The van der Waals surface area contributed by atoms with Gasteiger partial charge in [-0.2, -0.15) is 0 Å². The number of nitrogens with one attached hydrogen (secondary N) is 1. The highest BCUT2D eigenvalue weighted by Crippen LogP contribution is 2.52. The van der Waals surface area contributed by atoms with Crippen LogP contribution in [-0.4, -0.2) is 40.1 Å². The van der Waals surface area contributed by atoms with Crippen LogP contribution in [0.1, 0.15) is 48.7 Å². The summed E-state index contributed by atoms with van der Waals surface area (Å²) in [4.78, 5) is 16.1.